The SMILES string of the molecule is CC1=CCC(C)(C)C(=O)CC/C(C)=C/[C@H]2[C@H](O[Si](C)(C)C(C)(C)C)[C@@H](C)C[C@]2(O)C1=O. The van der Waals surface area contributed by atoms with E-state index in [1.54, 1.807) is 6.92 Å². The molecule has 0 aliphatic heterocycles. The van der Waals surface area contributed by atoms with Gasteiger partial charge in [-0.15, -0.1) is 0 Å². The summed E-state index contributed by atoms with van der Waals surface area (Å²) in [6, 6.07) is 0. The van der Waals surface area contributed by atoms with Gasteiger partial charge >= 0.3 is 0 Å². The Morgan fingerprint density at radius 1 is 1.13 bits per heavy atom. The van der Waals surface area contributed by atoms with Crippen molar-refractivity contribution >= 4 is 19.9 Å². The highest BCUT2D eigenvalue weighted by molar-refractivity contribution is 6.74. The topological polar surface area (TPSA) is 63.6 Å². The van der Waals surface area contributed by atoms with Crippen LogP contribution in [0.2, 0.25) is 18.1 Å². The van der Waals surface area contributed by atoms with Crippen LogP contribution >= 0.6 is 0 Å². The van der Waals surface area contributed by atoms with Crippen molar-refractivity contribution in [3.8, 4) is 0 Å². The molecule has 4 nitrogen and oxygen atoms in total. The lowest BCUT2D eigenvalue weighted by atomic mass is 9.77. The van der Waals surface area contributed by atoms with Crippen LogP contribution < -0.4 is 0 Å². The highest BCUT2D eigenvalue weighted by Gasteiger charge is 2.57. The first kappa shape index (κ1) is 26.2. The van der Waals surface area contributed by atoms with Crippen molar-refractivity contribution < 1.29 is 19.1 Å². The fraction of sp³-hybridized carbons (Fsp3) is 0.769. The fourth-order valence-electron chi connectivity index (χ4n) is 4.55. The minimum atomic E-state index is -2.10. The molecule has 0 aromatic rings. The van der Waals surface area contributed by atoms with Crippen molar-refractivity contribution in [1.29, 1.82) is 0 Å². The molecule has 2 aliphatic carbocycles. The molecule has 1 fully saturated rings. The predicted molar refractivity (Wildman–Crippen MR) is 129 cm³/mol. The molecule has 1 N–H and O–H groups in total. The molecule has 4 atom stereocenters. The van der Waals surface area contributed by atoms with E-state index in [1.807, 2.05) is 32.9 Å². The summed E-state index contributed by atoms with van der Waals surface area (Å²) in [4.78, 5) is 26.3. The molecule has 176 valence electrons. The van der Waals surface area contributed by atoms with Gasteiger partial charge in [-0.1, -0.05) is 59.3 Å². The zero-order valence-electron chi connectivity index (χ0n) is 21.4. The van der Waals surface area contributed by atoms with E-state index >= 15 is 0 Å². The number of rotatable bonds is 2. The highest BCUT2D eigenvalue weighted by Crippen LogP contribution is 2.48. The molecule has 31 heavy (non-hydrogen) atoms. The molecule has 0 bridgehead atoms. The number of aliphatic hydroxyl groups is 1. The molecular weight excluding hydrogens is 404 g/mol. The minimum absolute atomic E-state index is 0.0371. The second-order valence-corrected chi connectivity index (χ2v) is 17.0. The zero-order chi connectivity index (χ0) is 24.0. The first-order chi connectivity index (χ1) is 13.9. The smallest absolute Gasteiger partial charge is 0.192 e. The van der Waals surface area contributed by atoms with Crippen LogP contribution in [0.15, 0.2) is 23.3 Å². The summed E-state index contributed by atoms with van der Waals surface area (Å²) in [6.07, 6.45) is 5.69. The van der Waals surface area contributed by atoms with Gasteiger partial charge in [-0.2, -0.15) is 0 Å². The van der Waals surface area contributed by atoms with Crippen LogP contribution in [0, 0.1) is 17.3 Å². The van der Waals surface area contributed by atoms with Crippen molar-refractivity contribution in [2.75, 3.05) is 0 Å². The van der Waals surface area contributed by atoms with Crippen LogP contribution in [0.25, 0.3) is 0 Å². The van der Waals surface area contributed by atoms with Crippen molar-refractivity contribution in [3.05, 3.63) is 23.3 Å². The maximum absolute atomic E-state index is 13.5. The Balaban J connectivity index is 2.55. The largest absolute Gasteiger partial charge is 0.413 e. The van der Waals surface area contributed by atoms with Crippen LogP contribution in [0.4, 0.5) is 0 Å². The summed E-state index contributed by atoms with van der Waals surface area (Å²) in [6.45, 7) is 20.8. The van der Waals surface area contributed by atoms with E-state index in [4.69, 9.17) is 4.43 Å². The van der Waals surface area contributed by atoms with E-state index in [-0.39, 0.29) is 28.6 Å². The summed E-state index contributed by atoms with van der Waals surface area (Å²) in [5.41, 5.74) is -0.401. The van der Waals surface area contributed by atoms with E-state index in [2.05, 4.69) is 40.8 Å². The molecule has 0 heterocycles. The lowest BCUT2D eigenvalue weighted by Gasteiger charge is -2.41. The van der Waals surface area contributed by atoms with Gasteiger partial charge in [-0.05, 0) is 62.7 Å². The molecule has 0 aromatic heterocycles. The van der Waals surface area contributed by atoms with Gasteiger partial charge in [0.05, 0.1) is 6.10 Å². The second-order valence-electron chi connectivity index (χ2n) is 12.2. The van der Waals surface area contributed by atoms with Crippen LogP contribution in [0.5, 0.6) is 0 Å². The molecule has 0 radical (unpaired) electrons. The predicted octanol–water partition coefficient (Wildman–Crippen LogP) is 6.00. The quantitative estimate of drug-likeness (QED) is 0.415. The molecule has 5 heteroatoms. The van der Waals surface area contributed by atoms with Gasteiger partial charge in [-0.3, -0.25) is 9.59 Å². The second kappa shape index (κ2) is 8.72. The van der Waals surface area contributed by atoms with Gasteiger partial charge in [0.2, 0.25) is 0 Å². The van der Waals surface area contributed by atoms with Crippen LogP contribution in [-0.2, 0) is 14.0 Å². The fourth-order valence-corrected chi connectivity index (χ4v) is 5.96. The monoisotopic (exact) mass is 448 g/mol. The number of hydrogen-bond donors (Lipinski definition) is 1. The van der Waals surface area contributed by atoms with Crippen molar-refractivity contribution in [2.45, 2.75) is 111 Å². The standard InChI is InChI=1S/C26H44O4Si/c1-17-11-12-21(27)25(7,8)14-13-18(2)23(28)26(29)16-19(3)22(20(26)15-17)30-31(9,10)24(4,5)6/h13,15,19-20,22,29H,11-12,14,16H2,1-10H3/b17-15+,18-13?/t19-,20-,22+,26+/m0/s1. The van der Waals surface area contributed by atoms with Gasteiger partial charge < -0.3 is 9.53 Å². The Bertz CT molecular complexity index is 784. The maximum atomic E-state index is 13.5. The minimum Gasteiger partial charge on any atom is -0.413 e. The Hall–Kier alpha value is -1.04. The van der Waals surface area contributed by atoms with Gasteiger partial charge in [0, 0.05) is 17.8 Å². The molecule has 1 saturated carbocycles. The number of carbonyl (C=O) groups is 2. The van der Waals surface area contributed by atoms with Gasteiger partial charge in [0.15, 0.2) is 14.1 Å². The lowest BCUT2D eigenvalue weighted by molar-refractivity contribution is -0.136. The summed E-state index contributed by atoms with van der Waals surface area (Å²) in [7, 11) is -2.10. The third kappa shape index (κ3) is 5.31. The van der Waals surface area contributed by atoms with Crippen molar-refractivity contribution in [2.24, 2.45) is 17.3 Å². The number of hydrogen-bond acceptors (Lipinski definition) is 4. The highest BCUT2D eigenvalue weighted by atomic mass is 28.4. The zero-order valence-corrected chi connectivity index (χ0v) is 22.4. The summed E-state index contributed by atoms with van der Waals surface area (Å²) in [5, 5.41) is 11.8. The third-order valence-electron chi connectivity index (χ3n) is 7.97. The van der Waals surface area contributed by atoms with E-state index in [9.17, 15) is 14.7 Å². The Morgan fingerprint density at radius 2 is 1.71 bits per heavy atom. The number of fused-ring (bicyclic) bond motifs is 1. The Labute approximate surface area is 190 Å². The number of carbonyl (C=O) groups excluding carboxylic acids is 2. The van der Waals surface area contributed by atoms with E-state index in [0.29, 0.717) is 31.3 Å². The number of Topliss-reactive ketones (excluding diaryl/α,β-unsaturated/α-hetero) is 2. The number of ketones is 2. The summed E-state index contributed by atoms with van der Waals surface area (Å²) < 4.78 is 6.82. The molecule has 2 rings (SSSR count). The van der Waals surface area contributed by atoms with Gasteiger partial charge in [-0.25, -0.2) is 0 Å². The average molecular weight is 449 g/mol. The van der Waals surface area contributed by atoms with E-state index in [0.717, 1.165) is 5.57 Å². The summed E-state index contributed by atoms with van der Waals surface area (Å²) in [5.74, 6) is -0.358. The average Bonchev–Trinajstić information content (AvgIpc) is 2.86. The van der Waals surface area contributed by atoms with Crippen LogP contribution in [-0.4, -0.2) is 36.7 Å². The molecule has 0 saturated heterocycles. The Morgan fingerprint density at radius 3 is 2.26 bits per heavy atom. The molecule has 0 spiro atoms. The summed E-state index contributed by atoms with van der Waals surface area (Å²) >= 11 is 0. The van der Waals surface area contributed by atoms with Gasteiger partial charge in [0.25, 0.3) is 0 Å². The molecule has 0 unspecified atom stereocenters. The van der Waals surface area contributed by atoms with Crippen LogP contribution in [0.1, 0.15) is 81.1 Å². The lowest BCUT2D eigenvalue weighted by Crippen LogP contribution is -2.49. The van der Waals surface area contributed by atoms with Crippen molar-refractivity contribution in [1.82, 2.24) is 0 Å². The first-order valence-corrected chi connectivity index (χ1v) is 14.7. The normalized spacial score (nSPS) is 34.9. The van der Waals surface area contributed by atoms with E-state index in [1.165, 1.54) is 0 Å². The molecule has 0 aromatic carbocycles. The maximum Gasteiger partial charge on any atom is 0.192 e. The third-order valence-corrected chi connectivity index (χ3v) is 12.4. The molecule has 0 amide bonds. The molecular formula is C26H44O4Si. The van der Waals surface area contributed by atoms with E-state index < -0.39 is 25.3 Å². The van der Waals surface area contributed by atoms with Crippen LogP contribution in [0.3, 0.4) is 0 Å². The molecule has 2 aliphatic rings. The Kier molecular flexibility index (Phi) is 7.37. The first-order valence-electron chi connectivity index (χ1n) is 11.7. The van der Waals surface area contributed by atoms with Gasteiger partial charge in [0.1, 0.15) is 11.4 Å². The number of allylic oxidation sites excluding steroid dienone is 2. The van der Waals surface area contributed by atoms with Crippen molar-refractivity contribution in [3.63, 3.8) is 0 Å².